The maximum atomic E-state index is 6.06. The Hall–Kier alpha value is -1.11. The maximum Gasteiger partial charge on any atom is 0.118 e. The van der Waals surface area contributed by atoms with Crippen LogP contribution in [0.5, 0.6) is 0 Å². The summed E-state index contributed by atoms with van der Waals surface area (Å²) in [4.78, 5) is 2.13. The van der Waals surface area contributed by atoms with Gasteiger partial charge in [0.25, 0.3) is 0 Å². The minimum absolute atomic E-state index is 0.00667. The largest absolute Gasteiger partial charge is 0.386 e. The van der Waals surface area contributed by atoms with Crippen molar-refractivity contribution in [2.75, 3.05) is 20.6 Å². The predicted molar refractivity (Wildman–Crippen MR) is 88.1 cm³/mol. The summed E-state index contributed by atoms with van der Waals surface area (Å²) in [6.45, 7) is 4.71. The average molecular weight is 342 g/mol. The number of nitrogens with zero attached hydrogens (tertiary/aromatic N) is 3. The van der Waals surface area contributed by atoms with E-state index in [-0.39, 0.29) is 6.04 Å². The fourth-order valence-electron chi connectivity index (χ4n) is 1.90. The minimum atomic E-state index is -0.00667. The third-order valence-electron chi connectivity index (χ3n) is 3.02. The van der Waals surface area contributed by atoms with Crippen molar-refractivity contribution in [3.8, 4) is 0 Å². The van der Waals surface area contributed by atoms with Crippen LogP contribution in [0.1, 0.15) is 30.5 Å². The monoisotopic (exact) mass is 341 g/mol. The molecule has 0 fully saturated rings. The lowest BCUT2D eigenvalue weighted by Gasteiger charge is -2.27. The highest BCUT2D eigenvalue weighted by atomic mass is 79.9. The third-order valence-corrected chi connectivity index (χ3v) is 3.88. The molecule has 0 aliphatic rings. The van der Waals surface area contributed by atoms with Crippen LogP contribution in [0.2, 0.25) is 0 Å². The summed E-state index contributed by atoms with van der Waals surface area (Å²) in [5.41, 5.74) is 7.95. The Morgan fingerprint density at radius 2 is 2.05 bits per heavy atom. The van der Waals surface area contributed by atoms with Gasteiger partial charge in [0.15, 0.2) is 0 Å². The lowest BCUT2D eigenvalue weighted by atomic mass is 10.0. The van der Waals surface area contributed by atoms with Gasteiger partial charge in [-0.15, -0.1) is 5.10 Å². The molecule has 4 N–H and O–H groups in total. The van der Waals surface area contributed by atoms with E-state index in [0.29, 0.717) is 5.84 Å². The highest BCUT2D eigenvalue weighted by Gasteiger charge is 2.18. The van der Waals surface area contributed by atoms with E-state index in [4.69, 9.17) is 11.6 Å². The smallest absolute Gasteiger partial charge is 0.118 e. The van der Waals surface area contributed by atoms with Gasteiger partial charge in [0, 0.05) is 4.47 Å². The molecule has 112 valence electrons. The standard InChI is InChI=1S/C14H24BrN5/c1-10-5-6-12(9-13(10)15)14(7-8-19(3)4)20(17)18-11(2)16/h5-6,9,14H,7-8,17H2,1-4H3,(H2,16,18). The lowest BCUT2D eigenvalue weighted by Crippen LogP contribution is -2.34. The predicted octanol–water partition coefficient (Wildman–Crippen LogP) is 2.22. The molecule has 0 spiro atoms. The summed E-state index contributed by atoms with van der Waals surface area (Å²) in [5, 5.41) is 5.61. The summed E-state index contributed by atoms with van der Waals surface area (Å²) >= 11 is 3.56. The molecule has 0 aliphatic carbocycles. The molecule has 0 saturated carbocycles. The van der Waals surface area contributed by atoms with Crippen LogP contribution in [0, 0.1) is 6.92 Å². The van der Waals surface area contributed by atoms with E-state index in [1.807, 2.05) is 14.1 Å². The second kappa shape index (κ2) is 7.61. The molecule has 1 aromatic carbocycles. The van der Waals surface area contributed by atoms with Gasteiger partial charge in [-0.3, -0.25) is 0 Å². The Morgan fingerprint density at radius 3 is 2.55 bits per heavy atom. The Kier molecular flexibility index (Phi) is 6.45. The quantitative estimate of drug-likeness (QED) is 0.360. The molecular formula is C14H24BrN5. The van der Waals surface area contributed by atoms with E-state index < -0.39 is 0 Å². The van der Waals surface area contributed by atoms with Crippen molar-refractivity contribution in [2.24, 2.45) is 16.7 Å². The number of amidine groups is 1. The van der Waals surface area contributed by atoms with E-state index in [0.717, 1.165) is 23.0 Å². The summed E-state index contributed by atoms with van der Waals surface area (Å²) in [6.07, 6.45) is 0.871. The van der Waals surface area contributed by atoms with Crippen LogP contribution in [0.25, 0.3) is 0 Å². The van der Waals surface area contributed by atoms with Crippen LogP contribution in [0.4, 0.5) is 0 Å². The molecule has 1 rings (SSSR count). The molecular weight excluding hydrogens is 318 g/mol. The average Bonchev–Trinajstić information content (AvgIpc) is 2.32. The van der Waals surface area contributed by atoms with Crippen LogP contribution < -0.4 is 11.6 Å². The first-order valence-electron chi connectivity index (χ1n) is 6.56. The van der Waals surface area contributed by atoms with Crippen molar-refractivity contribution in [2.45, 2.75) is 26.3 Å². The molecule has 0 aromatic heterocycles. The van der Waals surface area contributed by atoms with E-state index in [1.54, 1.807) is 6.92 Å². The zero-order valence-corrected chi connectivity index (χ0v) is 14.2. The first-order valence-corrected chi connectivity index (χ1v) is 7.36. The molecule has 0 bridgehead atoms. The zero-order valence-electron chi connectivity index (χ0n) is 12.6. The van der Waals surface area contributed by atoms with Gasteiger partial charge >= 0.3 is 0 Å². The van der Waals surface area contributed by atoms with Crippen LogP contribution in [-0.2, 0) is 0 Å². The highest BCUT2D eigenvalue weighted by molar-refractivity contribution is 9.10. The van der Waals surface area contributed by atoms with Crippen LogP contribution >= 0.6 is 15.9 Å². The topological polar surface area (TPSA) is 70.9 Å². The molecule has 6 heteroatoms. The van der Waals surface area contributed by atoms with Gasteiger partial charge in [0.2, 0.25) is 0 Å². The second-order valence-electron chi connectivity index (χ2n) is 5.24. The lowest BCUT2D eigenvalue weighted by molar-refractivity contribution is 0.186. The van der Waals surface area contributed by atoms with E-state index in [9.17, 15) is 0 Å². The Balaban J connectivity index is 3.02. The van der Waals surface area contributed by atoms with Crippen molar-refractivity contribution in [3.05, 3.63) is 33.8 Å². The Bertz CT molecular complexity index is 469. The Labute approximate surface area is 129 Å². The number of hydrogen-bond acceptors (Lipinski definition) is 4. The van der Waals surface area contributed by atoms with Gasteiger partial charge in [0.1, 0.15) is 5.84 Å². The summed E-state index contributed by atoms with van der Waals surface area (Å²) < 4.78 is 1.08. The number of hydrogen-bond donors (Lipinski definition) is 2. The highest BCUT2D eigenvalue weighted by Crippen LogP contribution is 2.27. The molecule has 1 unspecified atom stereocenters. The fraction of sp³-hybridized carbons (Fsp3) is 0.500. The van der Waals surface area contributed by atoms with Crippen molar-refractivity contribution in [1.29, 1.82) is 0 Å². The number of halogens is 1. The molecule has 0 saturated heterocycles. The van der Waals surface area contributed by atoms with Gasteiger partial charge in [-0.1, -0.05) is 28.1 Å². The van der Waals surface area contributed by atoms with Gasteiger partial charge in [-0.2, -0.15) is 0 Å². The fourth-order valence-corrected chi connectivity index (χ4v) is 2.30. The molecule has 0 heterocycles. The van der Waals surface area contributed by atoms with Crippen LogP contribution in [-0.4, -0.2) is 36.5 Å². The number of aryl methyl sites for hydroxylation is 1. The molecule has 1 aromatic rings. The summed E-state index contributed by atoms with van der Waals surface area (Å²) in [5.74, 6) is 6.51. The van der Waals surface area contributed by atoms with Gasteiger partial charge in [0.05, 0.1) is 6.04 Å². The molecule has 0 radical (unpaired) electrons. The number of hydrazine groups is 1. The third kappa shape index (κ3) is 5.11. The molecule has 0 amide bonds. The normalized spacial score (nSPS) is 13.7. The first kappa shape index (κ1) is 16.9. The first-order chi connectivity index (χ1) is 9.31. The number of hydrazone groups is 1. The van der Waals surface area contributed by atoms with Crippen molar-refractivity contribution in [3.63, 3.8) is 0 Å². The molecule has 20 heavy (non-hydrogen) atoms. The van der Waals surface area contributed by atoms with E-state index in [2.05, 4.69) is 51.1 Å². The molecule has 1 atom stereocenters. The van der Waals surface area contributed by atoms with Crippen molar-refractivity contribution >= 4 is 21.8 Å². The van der Waals surface area contributed by atoms with Gasteiger partial charge in [-0.05, 0) is 58.1 Å². The maximum absolute atomic E-state index is 6.06. The second-order valence-corrected chi connectivity index (χ2v) is 6.09. The minimum Gasteiger partial charge on any atom is -0.386 e. The Morgan fingerprint density at radius 1 is 1.40 bits per heavy atom. The summed E-state index contributed by atoms with van der Waals surface area (Å²) in [7, 11) is 4.08. The van der Waals surface area contributed by atoms with Gasteiger partial charge in [-0.25, -0.2) is 11.0 Å². The van der Waals surface area contributed by atoms with Crippen molar-refractivity contribution < 1.29 is 0 Å². The van der Waals surface area contributed by atoms with E-state index >= 15 is 0 Å². The van der Waals surface area contributed by atoms with Gasteiger partial charge < -0.3 is 10.6 Å². The van der Waals surface area contributed by atoms with E-state index in [1.165, 1.54) is 10.7 Å². The number of nitrogens with two attached hydrogens (primary N) is 2. The van der Waals surface area contributed by atoms with Crippen LogP contribution in [0.3, 0.4) is 0 Å². The molecule has 0 aliphatic heterocycles. The summed E-state index contributed by atoms with van der Waals surface area (Å²) in [6, 6.07) is 6.25. The zero-order chi connectivity index (χ0) is 15.3. The number of benzene rings is 1. The van der Waals surface area contributed by atoms with Crippen LogP contribution in [0.15, 0.2) is 27.8 Å². The molecule has 5 nitrogen and oxygen atoms in total. The number of rotatable bonds is 6. The van der Waals surface area contributed by atoms with Crippen molar-refractivity contribution in [1.82, 2.24) is 10.0 Å². The SMILES string of the molecule is C/C(N)=N/N(N)C(CCN(C)C)c1ccc(C)c(Br)c1.